The van der Waals surface area contributed by atoms with Crippen LogP contribution in [0.1, 0.15) is 6.92 Å². The number of benzene rings is 2. The number of halogens is 3. The molecule has 0 spiro atoms. The fraction of sp³-hybridized carbons (Fsp3) is 0.261. The second kappa shape index (κ2) is 9.07. The smallest absolute Gasteiger partial charge is 0.241 e. The molecule has 0 saturated carbocycles. The lowest BCUT2D eigenvalue weighted by Crippen LogP contribution is -2.52. The van der Waals surface area contributed by atoms with Crippen molar-refractivity contribution in [3.8, 4) is 11.3 Å². The van der Waals surface area contributed by atoms with Crippen LogP contribution in [0.4, 0.5) is 24.0 Å². The molecule has 2 aromatic heterocycles. The molecule has 1 fully saturated rings. The largest absolute Gasteiger partial charge is 0.344 e. The van der Waals surface area contributed by atoms with Gasteiger partial charge in [0.2, 0.25) is 16.0 Å². The van der Waals surface area contributed by atoms with Crippen LogP contribution in [0.2, 0.25) is 0 Å². The highest BCUT2D eigenvalue weighted by atomic mass is 32.1. The van der Waals surface area contributed by atoms with Gasteiger partial charge in [0.1, 0.15) is 17.5 Å². The van der Waals surface area contributed by atoms with Crippen molar-refractivity contribution in [3.05, 3.63) is 66.1 Å². The maximum atomic E-state index is 13.8. The number of carbonyl (C=O) groups excluding carboxylic acids is 1. The molecule has 1 aliphatic heterocycles. The summed E-state index contributed by atoms with van der Waals surface area (Å²) in [6.07, 6.45) is 1.82. The minimum atomic E-state index is -0.678. The van der Waals surface area contributed by atoms with Crippen LogP contribution in [0.25, 0.3) is 16.2 Å². The van der Waals surface area contributed by atoms with Crippen molar-refractivity contribution in [2.75, 3.05) is 36.4 Å². The van der Waals surface area contributed by atoms with Crippen molar-refractivity contribution >= 4 is 33.0 Å². The van der Waals surface area contributed by atoms with E-state index in [1.165, 1.54) is 23.5 Å². The number of aromatic nitrogens is 3. The minimum Gasteiger partial charge on any atom is -0.344 e. The molecule has 1 N–H and O–H groups in total. The van der Waals surface area contributed by atoms with Gasteiger partial charge in [-0.25, -0.2) is 22.7 Å². The monoisotopic (exact) mass is 486 g/mol. The van der Waals surface area contributed by atoms with E-state index in [0.29, 0.717) is 26.2 Å². The molecule has 1 aliphatic rings. The maximum absolute atomic E-state index is 13.8. The summed E-state index contributed by atoms with van der Waals surface area (Å²) in [7, 11) is 0. The number of anilines is 2. The molecule has 1 saturated heterocycles. The van der Waals surface area contributed by atoms with Gasteiger partial charge in [-0.3, -0.25) is 9.69 Å². The van der Waals surface area contributed by atoms with E-state index in [4.69, 9.17) is 0 Å². The topological polar surface area (TPSA) is 65.8 Å². The fourth-order valence-corrected chi connectivity index (χ4v) is 4.81. The number of amides is 1. The van der Waals surface area contributed by atoms with Crippen LogP contribution in [0.3, 0.4) is 0 Å². The lowest BCUT2D eigenvalue weighted by Gasteiger charge is -2.37. The summed E-state index contributed by atoms with van der Waals surface area (Å²) in [5.41, 5.74) is 1.38. The molecule has 0 bridgehead atoms. The predicted molar refractivity (Wildman–Crippen MR) is 124 cm³/mol. The highest BCUT2D eigenvalue weighted by molar-refractivity contribution is 7.20. The van der Waals surface area contributed by atoms with E-state index >= 15 is 0 Å². The van der Waals surface area contributed by atoms with E-state index in [1.807, 2.05) is 11.1 Å². The molecule has 34 heavy (non-hydrogen) atoms. The van der Waals surface area contributed by atoms with Gasteiger partial charge in [0.25, 0.3) is 0 Å². The number of rotatable bonds is 5. The van der Waals surface area contributed by atoms with Gasteiger partial charge in [-0.2, -0.15) is 0 Å². The average Bonchev–Trinajstić information content (AvgIpc) is 3.41. The van der Waals surface area contributed by atoms with Crippen molar-refractivity contribution < 1.29 is 18.0 Å². The van der Waals surface area contributed by atoms with Gasteiger partial charge < -0.3 is 10.2 Å². The number of carbonyl (C=O) groups is 1. The second-order valence-electron chi connectivity index (χ2n) is 8.06. The summed E-state index contributed by atoms with van der Waals surface area (Å²) < 4.78 is 42.1. The average molecular weight is 487 g/mol. The number of nitrogens with zero attached hydrogens (tertiary/aromatic N) is 5. The van der Waals surface area contributed by atoms with E-state index in [-0.39, 0.29) is 17.4 Å². The molecule has 2 aromatic carbocycles. The van der Waals surface area contributed by atoms with Gasteiger partial charge >= 0.3 is 0 Å². The zero-order valence-electron chi connectivity index (χ0n) is 18.2. The van der Waals surface area contributed by atoms with Crippen LogP contribution >= 0.6 is 11.3 Å². The molecule has 11 heteroatoms. The Morgan fingerprint density at radius 3 is 2.44 bits per heavy atom. The van der Waals surface area contributed by atoms with E-state index in [2.05, 4.69) is 20.3 Å². The first-order valence-corrected chi connectivity index (χ1v) is 11.6. The Labute approximate surface area is 197 Å². The summed E-state index contributed by atoms with van der Waals surface area (Å²) in [4.78, 5) is 22.0. The summed E-state index contributed by atoms with van der Waals surface area (Å²) >= 11 is 1.46. The summed E-state index contributed by atoms with van der Waals surface area (Å²) in [5, 5.41) is 7.93. The number of imidazole rings is 1. The summed E-state index contributed by atoms with van der Waals surface area (Å²) in [5.74, 6) is -1.98. The number of hydrogen-bond donors (Lipinski definition) is 1. The van der Waals surface area contributed by atoms with Crippen molar-refractivity contribution in [2.45, 2.75) is 13.0 Å². The van der Waals surface area contributed by atoms with Crippen LogP contribution in [0.5, 0.6) is 0 Å². The van der Waals surface area contributed by atoms with Crippen LogP contribution < -0.4 is 10.2 Å². The Hall–Kier alpha value is -3.44. The Balaban J connectivity index is 1.20. The lowest BCUT2D eigenvalue weighted by molar-refractivity contribution is -0.120. The molecule has 0 radical (unpaired) electrons. The maximum Gasteiger partial charge on any atom is 0.241 e. The third-order valence-electron chi connectivity index (χ3n) is 5.87. The molecule has 4 aromatic rings. The van der Waals surface area contributed by atoms with Crippen LogP contribution in [0, 0.1) is 17.5 Å². The molecule has 5 rings (SSSR count). The SMILES string of the molecule is CC(C(=O)Nc1cc(F)ccc1F)N1CCN(c2nn3cc(-c4ccc(F)cc4)nc3s2)CC1. The van der Waals surface area contributed by atoms with Gasteiger partial charge in [-0.05, 0) is 43.3 Å². The standard InChI is InChI=1S/C23H21F3N6OS/c1-14(21(33)27-19-12-17(25)6-7-18(19)26)30-8-10-31(11-9-30)23-29-32-13-20(28-22(32)34-23)15-2-4-16(24)5-3-15/h2-7,12-14H,8-11H2,1H3,(H,27,33). The Morgan fingerprint density at radius 1 is 1.03 bits per heavy atom. The lowest BCUT2D eigenvalue weighted by atomic mass is 10.2. The highest BCUT2D eigenvalue weighted by Crippen LogP contribution is 2.28. The molecule has 176 valence electrons. The normalized spacial score (nSPS) is 15.6. The highest BCUT2D eigenvalue weighted by Gasteiger charge is 2.27. The number of piperazine rings is 1. The Kier molecular flexibility index (Phi) is 5.96. The predicted octanol–water partition coefficient (Wildman–Crippen LogP) is 4.02. The Morgan fingerprint density at radius 2 is 1.74 bits per heavy atom. The van der Waals surface area contributed by atoms with Crippen molar-refractivity contribution in [2.24, 2.45) is 0 Å². The van der Waals surface area contributed by atoms with E-state index in [9.17, 15) is 18.0 Å². The molecule has 1 unspecified atom stereocenters. The van der Waals surface area contributed by atoms with Crippen LogP contribution in [-0.4, -0.2) is 57.6 Å². The van der Waals surface area contributed by atoms with E-state index in [1.54, 1.807) is 23.6 Å². The molecule has 1 amide bonds. The van der Waals surface area contributed by atoms with E-state index < -0.39 is 17.7 Å². The first-order chi connectivity index (χ1) is 16.4. The molecule has 7 nitrogen and oxygen atoms in total. The van der Waals surface area contributed by atoms with Gasteiger partial charge in [0.15, 0.2) is 0 Å². The first-order valence-electron chi connectivity index (χ1n) is 10.7. The molecule has 1 atom stereocenters. The molecular formula is C23H21F3N6OS. The van der Waals surface area contributed by atoms with Gasteiger partial charge in [0, 0.05) is 37.8 Å². The third kappa shape index (κ3) is 4.48. The fourth-order valence-electron chi connectivity index (χ4n) is 3.87. The molecule has 3 heterocycles. The quantitative estimate of drug-likeness (QED) is 0.462. The van der Waals surface area contributed by atoms with Crippen molar-refractivity contribution in [1.82, 2.24) is 19.5 Å². The zero-order chi connectivity index (χ0) is 23.8. The minimum absolute atomic E-state index is 0.165. The van der Waals surface area contributed by atoms with Gasteiger partial charge in [-0.15, -0.1) is 5.10 Å². The van der Waals surface area contributed by atoms with Crippen molar-refractivity contribution in [3.63, 3.8) is 0 Å². The number of fused-ring (bicyclic) bond motifs is 1. The second-order valence-corrected chi connectivity index (χ2v) is 8.99. The van der Waals surface area contributed by atoms with Gasteiger partial charge in [0.05, 0.1) is 23.6 Å². The first kappa shape index (κ1) is 22.4. The Bertz CT molecular complexity index is 1300. The van der Waals surface area contributed by atoms with Crippen molar-refractivity contribution in [1.29, 1.82) is 0 Å². The molecular weight excluding hydrogens is 465 g/mol. The third-order valence-corrected chi connectivity index (χ3v) is 6.85. The van der Waals surface area contributed by atoms with Gasteiger partial charge in [-0.1, -0.05) is 11.3 Å². The molecule has 0 aliphatic carbocycles. The summed E-state index contributed by atoms with van der Waals surface area (Å²) in [6, 6.07) is 8.63. The van der Waals surface area contributed by atoms with E-state index in [0.717, 1.165) is 39.5 Å². The summed E-state index contributed by atoms with van der Waals surface area (Å²) in [6.45, 7) is 4.30. The zero-order valence-corrected chi connectivity index (χ0v) is 19.0. The number of hydrogen-bond acceptors (Lipinski definition) is 6. The van der Waals surface area contributed by atoms with Crippen LogP contribution in [-0.2, 0) is 4.79 Å². The number of nitrogens with one attached hydrogen (secondary N) is 1. The van der Waals surface area contributed by atoms with Crippen LogP contribution in [0.15, 0.2) is 48.7 Å².